The van der Waals surface area contributed by atoms with Gasteiger partial charge in [-0.25, -0.2) is 4.39 Å². The second-order valence-electron chi connectivity index (χ2n) is 4.11. The van der Waals surface area contributed by atoms with Crippen molar-refractivity contribution in [1.82, 2.24) is 4.57 Å². The Balaban J connectivity index is 2.12. The summed E-state index contributed by atoms with van der Waals surface area (Å²) in [5.41, 5.74) is 6.07. The van der Waals surface area contributed by atoms with E-state index in [9.17, 15) is 14.0 Å². The minimum absolute atomic E-state index is 0.181. The van der Waals surface area contributed by atoms with Crippen molar-refractivity contribution >= 4 is 33.2 Å². The summed E-state index contributed by atoms with van der Waals surface area (Å²) < 4.78 is 14.2. The molecule has 1 heterocycles. The highest BCUT2D eigenvalue weighted by atomic mass is 79.9. The van der Waals surface area contributed by atoms with Crippen molar-refractivity contribution in [3.05, 3.63) is 57.2 Å². The number of anilines is 2. The largest absolute Gasteiger partial charge is 0.398 e. The number of benzene rings is 1. The third-order valence-electron chi connectivity index (χ3n) is 2.51. The van der Waals surface area contributed by atoms with Gasteiger partial charge in [0.25, 0.3) is 5.56 Å². The van der Waals surface area contributed by atoms with Crippen LogP contribution in [-0.2, 0) is 11.3 Å². The molecule has 0 aliphatic heterocycles. The number of hydrogen-bond acceptors (Lipinski definition) is 3. The lowest BCUT2D eigenvalue weighted by Gasteiger charge is -2.08. The summed E-state index contributed by atoms with van der Waals surface area (Å²) >= 11 is 3.07. The van der Waals surface area contributed by atoms with Gasteiger partial charge in [0.1, 0.15) is 12.4 Å². The molecule has 0 radical (unpaired) electrons. The second kappa shape index (κ2) is 5.87. The van der Waals surface area contributed by atoms with E-state index in [-0.39, 0.29) is 22.4 Å². The van der Waals surface area contributed by atoms with E-state index >= 15 is 0 Å². The molecule has 1 aromatic carbocycles. The molecule has 0 bridgehead atoms. The number of hydrogen-bond donors (Lipinski definition) is 2. The van der Waals surface area contributed by atoms with Gasteiger partial charge in [-0.1, -0.05) is 0 Å². The molecule has 0 saturated carbocycles. The van der Waals surface area contributed by atoms with Gasteiger partial charge in [-0.2, -0.15) is 0 Å². The number of nitrogen functional groups attached to an aromatic ring is 1. The van der Waals surface area contributed by atoms with Crippen molar-refractivity contribution in [3.8, 4) is 0 Å². The van der Waals surface area contributed by atoms with Gasteiger partial charge in [-0.05, 0) is 46.3 Å². The number of nitrogens with two attached hydrogens (primary N) is 1. The molecular weight excluding hydrogens is 329 g/mol. The number of amides is 1. The van der Waals surface area contributed by atoms with E-state index in [1.165, 1.54) is 41.1 Å². The van der Waals surface area contributed by atoms with Gasteiger partial charge in [0.05, 0.1) is 4.47 Å². The fourth-order valence-electron chi connectivity index (χ4n) is 1.63. The number of halogens is 2. The third kappa shape index (κ3) is 3.45. The lowest BCUT2D eigenvalue weighted by molar-refractivity contribution is -0.116. The number of carbonyl (C=O) groups is 1. The Bertz CT molecular complexity index is 698. The highest BCUT2D eigenvalue weighted by Gasteiger charge is 2.08. The molecule has 0 fully saturated rings. The fraction of sp³-hybridized carbons (Fsp3) is 0.0769. The Labute approximate surface area is 122 Å². The van der Waals surface area contributed by atoms with Crippen LogP contribution in [0.1, 0.15) is 0 Å². The zero-order valence-corrected chi connectivity index (χ0v) is 11.9. The Kier molecular flexibility index (Phi) is 4.19. The molecule has 0 aliphatic carbocycles. The number of carbonyl (C=O) groups excluding carboxylic acids is 1. The fourth-order valence-corrected chi connectivity index (χ4v) is 2.12. The number of pyridine rings is 1. The van der Waals surface area contributed by atoms with E-state index in [1.54, 1.807) is 0 Å². The second-order valence-corrected chi connectivity index (χ2v) is 4.96. The van der Waals surface area contributed by atoms with Crippen molar-refractivity contribution in [2.24, 2.45) is 0 Å². The van der Waals surface area contributed by atoms with E-state index in [0.29, 0.717) is 11.4 Å². The first-order valence-corrected chi connectivity index (χ1v) is 6.46. The van der Waals surface area contributed by atoms with E-state index in [0.717, 1.165) is 0 Å². The number of aromatic nitrogens is 1. The smallest absolute Gasteiger partial charge is 0.265 e. The SMILES string of the molecule is Nc1cc(Br)c(=O)n(CC(=O)Nc2ccc(F)cc2)c1. The first-order chi connectivity index (χ1) is 9.45. The van der Waals surface area contributed by atoms with E-state index in [4.69, 9.17) is 5.73 Å². The van der Waals surface area contributed by atoms with Gasteiger partial charge in [0.2, 0.25) is 5.91 Å². The summed E-state index contributed by atoms with van der Waals surface area (Å²) in [5.74, 6) is -0.796. The van der Waals surface area contributed by atoms with Crippen LogP contribution >= 0.6 is 15.9 Å². The van der Waals surface area contributed by atoms with Crippen LogP contribution < -0.4 is 16.6 Å². The Morgan fingerprint density at radius 3 is 2.65 bits per heavy atom. The molecule has 2 aromatic rings. The summed E-state index contributed by atoms with van der Waals surface area (Å²) in [6.07, 6.45) is 1.39. The first kappa shape index (κ1) is 14.3. The summed E-state index contributed by atoms with van der Waals surface area (Å²) in [6, 6.07) is 6.81. The Morgan fingerprint density at radius 2 is 2.00 bits per heavy atom. The summed E-state index contributed by atoms with van der Waals surface area (Å²) in [7, 11) is 0. The van der Waals surface area contributed by atoms with E-state index in [2.05, 4.69) is 21.2 Å². The van der Waals surface area contributed by atoms with Crippen LogP contribution in [0.3, 0.4) is 0 Å². The van der Waals surface area contributed by atoms with Crippen molar-refractivity contribution in [1.29, 1.82) is 0 Å². The quantitative estimate of drug-likeness (QED) is 0.897. The molecule has 20 heavy (non-hydrogen) atoms. The molecule has 2 rings (SSSR count). The van der Waals surface area contributed by atoms with Crippen molar-refractivity contribution < 1.29 is 9.18 Å². The van der Waals surface area contributed by atoms with Crippen LogP contribution in [0.25, 0.3) is 0 Å². The molecule has 5 nitrogen and oxygen atoms in total. The van der Waals surface area contributed by atoms with E-state index < -0.39 is 5.91 Å². The van der Waals surface area contributed by atoms with Crippen LogP contribution in [0.5, 0.6) is 0 Å². The predicted octanol–water partition coefficient (Wildman–Crippen LogP) is 1.97. The van der Waals surface area contributed by atoms with Crippen LogP contribution in [0.15, 0.2) is 45.8 Å². The van der Waals surface area contributed by atoms with Crippen LogP contribution in [0.2, 0.25) is 0 Å². The maximum Gasteiger partial charge on any atom is 0.265 e. The zero-order chi connectivity index (χ0) is 14.7. The molecule has 3 N–H and O–H groups in total. The average Bonchev–Trinajstić information content (AvgIpc) is 2.38. The maximum absolute atomic E-state index is 12.7. The monoisotopic (exact) mass is 339 g/mol. The third-order valence-corrected chi connectivity index (χ3v) is 3.07. The van der Waals surface area contributed by atoms with Gasteiger partial charge < -0.3 is 15.6 Å². The minimum Gasteiger partial charge on any atom is -0.398 e. The van der Waals surface area contributed by atoms with Gasteiger partial charge in [-0.3, -0.25) is 9.59 Å². The average molecular weight is 340 g/mol. The minimum atomic E-state index is -0.406. The Hall–Kier alpha value is -2.15. The standard InChI is InChI=1S/C13H11BrFN3O2/c14-11-5-9(16)6-18(13(11)20)7-12(19)17-10-3-1-8(15)2-4-10/h1-6H,7,16H2,(H,17,19). The number of nitrogens with one attached hydrogen (secondary N) is 1. The molecule has 0 atom stereocenters. The predicted molar refractivity (Wildman–Crippen MR) is 77.8 cm³/mol. The van der Waals surface area contributed by atoms with Gasteiger partial charge in [0.15, 0.2) is 0 Å². The topological polar surface area (TPSA) is 77.1 Å². The zero-order valence-electron chi connectivity index (χ0n) is 10.3. The summed E-state index contributed by atoms with van der Waals surface area (Å²) in [4.78, 5) is 23.6. The van der Waals surface area contributed by atoms with Gasteiger partial charge >= 0.3 is 0 Å². The molecule has 0 aliphatic rings. The first-order valence-electron chi connectivity index (χ1n) is 5.66. The highest BCUT2D eigenvalue weighted by molar-refractivity contribution is 9.10. The molecule has 104 valence electrons. The molecule has 0 unspecified atom stereocenters. The molecule has 0 spiro atoms. The van der Waals surface area contributed by atoms with Crippen molar-refractivity contribution in [2.45, 2.75) is 6.54 Å². The molecule has 1 aromatic heterocycles. The van der Waals surface area contributed by atoms with Crippen LogP contribution in [0.4, 0.5) is 15.8 Å². The van der Waals surface area contributed by atoms with E-state index in [1.807, 2.05) is 0 Å². The normalized spacial score (nSPS) is 10.3. The highest BCUT2D eigenvalue weighted by Crippen LogP contribution is 2.10. The number of rotatable bonds is 3. The molecule has 1 amide bonds. The van der Waals surface area contributed by atoms with Gasteiger partial charge in [0, 0.05) is 17.6 Å². The summed E-state index contributed by atoms with van der Waals surface area (Å²) in [6.45, 7) is -0.181. The Morgan fingerprint density at radius 1 is 1.35 bits per heavy atom. The van der Waals surface area contributed by atoms with Crippen molar-refractivity contribution in [2.75, 3.05) is 11.1 Å². The summed E-state index contributed by atoms with van der Waals surface area (Å²) in [5, 5.41) is 2.56. The van der Waals surface area contributed by atoms with Gasteiger partial charge in [-0.15, -0.1) is 0 Å². The lowest BCUT2D eigenvalue weighted by Crippen LogP contribution is -2.28. The van der Waals surface area contributed by atoms with Crippen molar-refractivity contribution in [3.63, 3.8) is 0 Å². The van der Waals surface area contributed by atoms with Crippen LogP contribution in [-0.4, -0.2) is 10.5 Å². The van der Waals surface area contributed by atoms with Crippen LogP contribution in [0, 0.1) is 5.82 Å². The molecular formula is C13H11BrFN3O2. The number of nitrogens with zero attached hydrogens (tertiary/aromatic N) is 1. The maximum atomic E-state index is 12.7. The molecule has 7 heteroatoms. The molecule has 0 saturated heterocycles. The lowest BCUT2D eigenvalue weighted by atomic mass is 10.3.